The molecule has 1 aromatic rings. The third-order valence-corrected chi connectivity index (χ3v) is 3.14. The van der Waals surface area contributed by atoms with Crippen molar-refractivity contribution in [1.29, 1.82) is 0 Å². The van der Waals surface area contributed by atoms with Crippen molar-refractivity contribution in [3.63, 3.8) is 0 Å². The number of hydrogen-bond acceptors (Lipinski definition) is 3. The molecule has 17 heavy (non-hydrogen) atoms. The molecule has 0 aliphatic carbocycles. The summed E-state index contributed by atoms with van der Waals surface area (Å²) in [4.78, 5) is 12.7. The third kappa shape index (κ3) is 2.47. The molecule has 1 unspecified atom stereocenters. The van der Waals surface area contributed by atoms with Crippen LogP contribution in [0.1, 0.15) is 30.1 Å². The van der Waals surface area contributed by atoms with Crippen LogP contribution in [0.15, 0.2) is 18.2 Å². The molecule has 1 aromatic carbocycles. The second-order valence-electron chi connectivity index (χ2n) is 4.82. The molecule has 0 spiro atoms. The number of carbonyl (C=O) groups is 1. The van der Waals surface area contributed by atoms with Crippen LogP contribution in [0.2, 0.25) is 0 Å². The summed E-state index contributed by atoms with van der Waals surface area (Å²) in [6.45, 7) is 2.76. The monoisotopic (exact) mass is 237 g/mol. The van der Waals surface area contributed by atoms with E-state index < -0.39 is 11.4 Å². The van der Waals surface area contributed by atoms with E-state index in [1.165, 1.54) is 12.1 Å². The number of halogens is 1. The van der Waals surface area contributed by atoms with E-state index >= 15 is 0 Å². The highest BCUT2D eigenvalue weighted by Crippen LogP contribution is 2.29. The number of β-amino-alcohol motifs (C(OH)–C–C–N with tert-alkyl or cyclic N) is 1. The van der Waals surface area contributed by atoms with E-state index in [0.29, 0.717) is 37.0 Å². The Balaban J connectivity index is 2.36. The summed E-state index contributed by atoms with van der Waals surface area (Å²) in [6.07, 6.45) is 2.15. The van der Waals surface area contributed by atoms with Crippen LogP contribution >= 0.6 is 0 Å². The summed E-state index contributed by atoms with van der Waals surface area (Å²) in [5.41, 5.74) is -0.175. The van der Waals surface area contributed by atoms with E-state index in [-0.39, 0.29) is 0 Å². The number of aliphatic hydroxyl groups is 1. The molecule has 2 rings (SSSR count). The third-order valence-electron chi connectivity index (χ3n) is 3.14. The van der Waals surface area contributed by atoms with Gasteiger partial charge in [-0.2, -0.15) is 0 Å². The van der Waals surface area contributed by atoms with Gasteiger partial charge in [0.2, 0.25) is 0 Å². The van der Waals surface area contributed by atoms with Gasteiger partial charge in [-0.1, -0.05) is 6.07 Å². The summed E-state index contributed by atoms with van der Waals surface area (Å²) >= 11 is 0. The lowest BCUT2D eigenvalue weighted by Gasteiger charge is -2.38. The topological polar surface area (TPSA) is 40.5 Å². The van der Waals surface area contributed by atoms with Crippen molar-refractivity contribution in [2.24, 2.45) is 0 Å². The van der Waals surface area contributed by atoms with E-state index in [1.54, 1.807) is 17.9 Å². The van der Waals surface area contributed by atoms with Crippen molar-refractivity contribution in [2.45, 2.75) is 25.4 Å². The van der Waals surface area contributed by atoms with Crippen molar-refractivity contribution in [3.8, 4) is 0 Å². The van der Waals surface area contributed by atoms with Crippen LogP contribution in [-0.4, -0.2) is 30.1 Å². The molecule has 0 amide bonds. The fraction of sp³-hybridized carbons (Fsp3) is 0.462. The fourth-order valence-electron chi connectivity index (χ4n) is 2.37. The van der Waals surface area contributed by atoms with Crippen LogP contribution in [0.5, 0.6) is 0 Å². The molecule has 3 nitrogen and oxygen atoms in total. The van der Waals surface area contributed by atoms with Gasteiger partial charge in [0.25, 0.3) is 0 Å². The Morgan fingerprint density at radius 2 is 2.29 bits per heavy atom. The van der Waals surface area contributed by atoms with E-state index in [9.17, 15) is 14.3 Å². The van der Waals surface area contributed by atoms with Crippen molar-refractivity contribution < 1.29 is 14.3 Å². The van der Waals surface area contributed by atoms with E-state index in [1.807, 2.05) is 0 Å². The number of rotatable bonds is 2. The quantitative estimate of drug-likeness (QED) is 0.800. The second-order valence-corrected chi connectivity index (χ2v) is 4.82. The zero-order valence-corrected chi connectivity index (χ0v) is 9.82. The number of piperidine rings is 1. The van der Waals surface area contributed by atoms with Crippen molar-refractivity contribution in [1.82, 2.24) is 0 Å². The zero-order valence-electron chi connectivity index (χ0n) is 9.82. The first kappa shape index (κ1) is 12.0. The normalized spacial score (nSPS) is 24.8. The van der Waals surface area contributed by atoms with Crippen molar-refractivity contribution >= 4 is 12.0 Å². The van der Waals surface area contributed by atoms with Crippen molar-refractivity contribution in [3.05, 3.63) is 29.6 Å². The zero-order chi connectivity index (χ0) is 12.5. The summed E-state index contributed by atoms with van der Waals surface area (Å²) in [6, 6.07) is 4.45. The van der Waals surface area contributed by atoms with Gasteiger partial charge < -0.3 is 10.0 Å². The maximum absolute atomic E-state index is 13.8. The number of nitrogens with zero attached hydrogens (tertiary/aromatic N) is 1. The van der Waals surface area contributed by atoms with Crippen LogP contribution in [-0.2, 0) is 0 Å². The molecule has 1 heterocycles. The molecule has 1 saturated heterocycles. The minimum atomic E-state index is -0.819. The summed E-state index contributed by atoms with van der Waals surface area (Å²) in [5, 5.41) is 10.0. The van der Waals surface area contributed by atoms with E-state index in [0.717, 1.165) is 6.42 Å². The number of benzene rings is 1. The molecule has 92 valence electrons. The highest BCUT2D eigenvalue weighted by atomic mass is 19.1. The minimum Gasteiger partial charge on any atom is -0.388 e. The molecule has 1 atom stereocenters. The number of para-hydroxylation sites is 1. The Labute approximate surface area is 99.9 Å². The maximum atomic E-state index is 13.8. The molecular weight excluding hydrogens is 221 g/mol. The predicted octanol–water partition coefficient (Wildman–Crippen LogP) is 1.99. The molecule has 1 aliphatic heterocycles. The van der Waals surface area contributed by atoms with Gasteiger partial charge in [0.05, 0.1) is 11.3 Å². The first-order valence-corrected chi connectivity index (χ1v) is 5.74. The molecule has 0 bridgehead atoms. The van der Waals surface area contributed by atoms with Crippen LogP contribution in [0.3, 0.4) is 0 Å². The largest absolute Gasteiger partial charge is 0.388 e. The Hall–Kier alpha value is -1.42. The van der Waals surface area contributed by atoms with Gasteiger partial charge in [0, 0.05) is 18.7 Å². The minimum absolute atomic E-state index is 0.308. The Morgan fingerprint density at radius 3 is 2.94 bits per heavy atom. The Morgan fingerprint density at radius 1 is 1.53 bits per heavy atom. The predicted molar refractivity (Wildman–Crippen MR) is 63.9 cm³/mol. The van der Waals surface area contributed by atoms with Gasteiger partial charge in [0.15, 0.2) is 6.29 Å². The summed E-state index contributed by atoms with van der Waals surface area (Å²) in [5.74, 6) is -0.410. The maximum Gasteiger partial charge on any atom is 0.152 e. The van der Waals surface area contributed by atoms with Gasteiger partial charge in [-0.25, -0.2) is 4.39 Å². The molecular formula is C13H16FNO2. The second kappa shape index (κ2) is 4.45. The number of carbonyl (C=O) groups excluding carboxylic acids is 1. The van der Waals surface area contributed by atoms with Gasteiger partial charge in [0.1, 0.15) is 5.82 Å². The van der Waals surface area contributed by atoms with Crippen LogP contribution in [0, 0.1) is 5.82 Å². The fourth-order valence-corrected chi connectivity index (χ4v) is 2.37. The van der Waals surface area contributed by atoms with E-state index in [4.69, 9.17) is 0 Å². The van der Waals surface area contributed by atoms with Crippen molar-refractivity contribution in [2.75, 3.05) is 18.0 Å². The lowest BCUT2D eigenvalue weighted by atomic mass is 9.94. The SMILES string of the molecule is CC1(O)CCCN(c2c(F)cccc2C=O)C1. The molecule has 1 aliphatic rings. The Bertz CT molecular complexity index is 431. The first-order chi connectivity index (χ1) is 8.03. The lowest BCUT2D eigenvalue weighted by molar-refractivity contribution is 0.0447. The molecule has 0 radical (unpaired) electrons. The number of hydrogen-bond donors (Lipinski definition) is 1. The van der Waals surface area contributed by atoms with E-state index in [2.05, 4.69) is 0 Å². The standard InChI is InChI=1S/C13H16FNO2/c1-13(17)6-3-7-15(9-13)12-10(8-16)4-2-5-11(12)14/h2,4-5,8,17H,3,6-7,9H2,1H3. The molecule has 1 fully saturated rings. The number of anilines is 1. The smallest absolute Gasteiger partial charge is 0.152 e. The number of aldehydes is 1. The average Bonchev–Trinajstić information content (AvgIpc) is 2.27. The highest BCUT2D eigenvalue weighted by Gasteiger charge is 2.30. The first-order valence-electron chi connectivity index (χ1n) is 5.74. The Kier molecular flexibility index (Phi) is 3.15. The van der Waals surface area contributed by atoms with Gasteiger partial charge >= 0.3 is 0 Å². The average molecular weight is 237 g/mol. The van der Waals surface area contributed by atoms with Crippen LogP contribution in [0.4, 0.5) is 10.1 Å². The lowest BCUT2D eigenvalue weighted by Crippen LogP contribution is -2.46. The molecule has 4 heteroatoms. The highest BCUT2D eigenvalue weighted by molar-refractivity contribution is 5.84. The van der Waals surface area contributed by atoms with Crippen LogP contribution < -0.4 is 4.90 Å². The summed E-state index contributed by atoms with van der Waals surface area (Å²) in [7, 11) is 0. The molecule has 0 saturated carbocycles. The van der Waals surface area contributed by atoms with Crippen LogP contribution in [0.25, 0.3) is 0 Å². The summed E-state index contributed by atoms with van der Waals surface area (Å²) < 4.78 is 13.8. The van der Waals surface area contributed by atoms with Gasteiger partial charge in [-0.15, -0.1) is 0 Å². The van der Waals surface area contributed by atoms with Gasteiger partial charge in [-0.3, -0.25) is 4.79 Å². The van der Waals surface area contributed by atoms with Gasteiger partial charge in [-0.05, 0) is 31.9 Å². The molecule has 1 N–H and O–H groups in total. The molecule has 0 aromatic heterocycles.